The lowest BCUT2D eigenvalue weighted by Gasteiger charge is -2.13. The fourth-order valence-corrected chi connectivity index (χ4v) is 3.51. The van der Waals surface area contributed by atoms with Crippen LogP contribution in [0.25, 0.3) is 10.9 Å². The molecule has 0 aliphatic heterocycles. The molecule has 1 aromatic heterocycles. The van der Waals surface area contributed by atoms with Crippen LogP contribution in [-0.2, 0) is 4.79 Å². The Balaban J connectivity index is 1.73. The van der Waals surface area contributed by atoms with Gasteiger partial charge in [0.25, 0.3) is 0 Å². The smallest absolute Gasteiger partial charge is 0.335 e. The number of carboxylic acids is 1. The average molecular weight is 366 g/mol. The van der Waals surface area contributed by atoms with Gasteiger partial charge in [0.15, 0.2) is 0 Å². The van der Waals surface area contributed by atoms with E-state index in [1.807, 2.05) is 37.3 Å². The maximum Gasteiger partial charge on any atom is 0.335 e. The summed E-state index contributed by atoms with van der Waals surface area (Å²) < 4.78 is 0. The molecule has 3 aromatic rings. The Morgan fingerprint density at radius 2 is 1.88 bits per heavy atom. The molecule has 1 unspecified atom stereocenters. The maximum absolute atomic E-state index is 12.4. The van der Waals surface area contributed by atoms with Gasteiger partial charge in [0.05, 0.1) is 21.4 Å². The molecule has 26 heavy (non-hydrogen) atoms. The van der Waals surface area contributed by atoms with Gasteiger partial charge in [-0.15, -0.1) is 0 Å². The van der Waals surface area contributed by atoms with Gasteiger partial charge in [-0.1, -0.05) is 36.0 Å². The van der Waals surface area contributed by atoms with Crippen molar-refractivity contribution in [1.82, 2.24) is 4.98 Å². The molecular weight excluding hydrogens is 348 g/mol. The SMILES string of the molecule is Cc1cc(SC(C)C(=O)Nc2cccc(C(=O)O)c2)nc2ccccc12. The minimum atomic E-state index is -1.03. The van der Waals surface area contributed by atoms with Crippen molar-refractivity contribution in [2.45, 2.75) is 24.1 Å². The summed E-state index contributed by atoms with van der Waals surface area (Å²) >= 11 is 1.37. The first kappa shape index (κ1) is 17.9. The summed E-state index contributed by atoms with van der Waals surface area (Å²) in [7, 11) is 0. The topological polar surface area (TPSA) is 79.3 Å². The van der Waals surface area contributed by atoms with Crippen LogP contribution in [0.15, 0.2) is 59.6 Å². The zero-order chi connectivity index (χ0) is 18.7. The monoisotopic (exact) mass is 366 g/mol. The molecule has 3 rings (SSSR count). The van der Waals surface area contributed by atoms with E-state index in [1.54, 1.807) is 19.1 Å². The zero-order valence-corrected chi connectivity index (χ0v) is 15.2. The molecule has 1 atom stereocenters. The molecule has 0 fully saturated rings. The quantitative estimate of drug-likeness (QED) is 0.656. The molecule has 2 aromatic carbocycles. The predicted octanol–water partition coefficient (Wildman–Crippen LogP) is 4.36. The van der Waals surface area contributed by atoms with Crippen LogP contribution in [0.3, 0.4) is 0 Å². The number of carboxylic acid groups (broad SMARTS) is 1. The fraction of sp³-hybridized carbons (Fsp3) is 0.150. The van der Waals surface area contributed by atoms with Crippen LogP contribution in [0.1, 0.15) is 22.8 Å². The third-order valence-electron chi connectivity index (χ3n) is 3.94. The molecule has 0 saturated heterocycles. The lowest BCUT2D eigenvalue weighted by molar-refractivity contribution is -0.115. The third kappa shape index (κ3) is 4.03. The van der Waals surface area contributed by atoms with E-state index in [1.165, 1.54) is 23.9 Å². The summed E-state index contributed by atoms with van der Waals surface area (Å²) in [6.45, 7) is 3.82. The van der Waals surface area contributed by atoms with Crippen LogP contribution in [0.4, 0.5) is 5.69 Å². The molecule has 5 nitrogen and oxygen atoms in total. The molecule has 2 N–H and O–H groups in total. The molecule has 0 aliphatic carbocycles. The van der Waals surface area contributed by atoms with Crippen LogP contribution < -0.4 is 5.32 Å². The van der Waals surface area contributed by atoms with Crippen LogP contribution in [-0.4, -0.2) is 27.2 Å². The molecular formula is C20H18N2O3S. The van der Waals surface area contributed by atoms with Gasteiger partial charge in [0, 0.05) is 11.1 Å². The van der Waals surface area contributed by atoms with Crippen molar-refractivity contribution in [2.24, 2.45) is 0 Å². The van der Waals surface area contributed by atoms with E-state index in [-0.39, 0.29) is 16.7 Å². The number of rotatable bonds is 5. The van der Waals surface area contributed by atoms with E-state index in [4.69, 9.17) is 5.11 Å². The van der Waals surface area contributed by atoms with Crippen molar-refractivity contribution in [2.75, 3.05) is 5.32 Å². The minimum absolute atomic E-state index is 0.134. The van der Waals surface area contributed by atoms with Gasteiger partial charge in [-0.05, 0) is 49.7 Å². The number of carbonyl (C=O) groups excluding carboxylic acids is 1. The predicted molar refractivity (Wildman–Crippen MR) is 104 cm³/mol. The number of fused-ring (bicyclic) bond motifs is 1. The summed E-state index contributed by atoms with van der Waals surface area (Å²) in [5.41, 5.74) is 2.61. The standard InChI is InChI=1S/C20H18N2O3S/c1-12-10-18(22-17-9-4-3-8-16(12)17)26-13(2)19(23)21-15-7-5-6-14(11-15)20(24)25/h3-11,13H,1-2H3,(H,21,23)(H,24,25). The second-order valence-electron chi connectivity index (χ2n) is 5.93. The van der Waals surface area contributed by atoms with Gasteiger partial charge in [0.1, 0.15) is 0 Å². The number of nitrogens with one attached hydrogen (secondary N) is 1. The highest BCUT2D eigenvalue weighted by molar-refractivity contribution is 8.00. The molecule has 0 aliphatic rings. The lowest BCUT2D eigenvalue weighted by atomic mass is 10.1. The summed E-state index contributed by atoms with van der Waals surface area (Å²) in [6.07, 6.45) is 0. The Morgan fingerprint density at radius 1 is 1.12 bits per heavy atom. The number of pyridine rings is 1. The first-order valence-corrected chi connectivity index (χ1v) is 8.99. The normalized spacial score (nSPS) is 11.9. The summed E-state index contributed by atoms with van der Waals surface area (Å²) in [5, 5.41) is 13.3. The Hall–Kier alpha value is -2.86. The van der Waals surface area contributed by atoms with Crippen molar-refractivity contribution < 1.29 is 14.7 Å². The van der Waals surface area contributed by atoms with E-state index in [0.717, 1.165) is 21.5 Å². The first-order chi connectivity index (χ1) is 12.4. The Kier molecular flexibility index (Phi) is 5.23. The molecule has 0 radical (unpaired) electrons. The number of aryl methyl sites for hydroxylation is 1. The van der Waals surface area contributed by atoms with Crippen LogP contribution in [0.5, 0.6) is 0 Å². The number of anilines is 1. The molecule has 1 heterocycles. The number of benzene rings is 2. The number of para-hydroxylation sites is 1. The van der Waals surface area contributed by atoms with Crippen molar-refractivity contribution >= 4 is 40.2 Å². The summed E-state index contributed by atoms with van der Waals surface area (Å²) in [4.78, 5) is 28.1. The van der Waals surface area contributed by atoms with E-state index in [9.17, 15) is 9.59 Å². The highest BCUT2D eigenvalue weighted by Gasteiger charge is 2.16. The number of hydrogen-bond acceptors (Lipinski definition) is 4. The Bertz CT molecular complexity index is 988. The Morgan fingerprint density at radius 3 is 2.65 bits per heavy atom. The van der Waals surface area contributed by atoms with Crippen LogP contribution in [0, 0.1) is 6.92 Å². The molecule has 132 valence electrons. The largest absolute Gasteiger partial charge is 0.478 e. The van der Waals surface area contributed by atoms with Gasteiger partial charge >= 0.3 is 5.97 Å². The molecule has 0 bridgehead atoms. The van der Waals surface area contributed by atoms with Crippen LogP contribution in [0.2, 0.25) is 0 Å². The number of hydrogen-bond donors (Lipinski definition) is 2. The number of nitrogens with zero attached hydrogens (tertiary/aromatic N) is 1. The average Bonchev–Trinajstić information content (AvgIpc) is 2.62. The van der Waals surface area contributed by atoms with Crippen molar-refractivity contribution in [1.29, 1.82) is 0 Å². The van der Waals surface area contributed by atoms with Crippen molar-refractivity contribution in [3.63, 3.8) is 0 Å². The third-order valence-corrected chi connectivity index (χ3v) is 4.96. The molecule has 0 spiro atoms. The fourth-order valence-electron chi connectivity index (χ4n) is 2.59. The molecule has 6 heteroatoms. The maximum atomic E-state index is 12.4. The van der Waals surface area contributed by atoms with E-state index in [2.05, 4.69) is 10.3 Å². The number of aromatic carboxylic acids is 1. The number of amides is 1. The second-order valence-corrected chi connectivity index (χ2v) is 7.29. The first-order valence-electron chi connectivity index (χ1n) is 8.11. The lowest BCUT2D eigenvalue weighted by Crippen LogP contribution is -2.22. The van der Waals surface area contributed by atoms with Crippen molar-refractivity contribution in [3.05, 3.63) is 65.7 Å². The van der Waals surface area contributed by atoms with E-state index >= 15 is 0 Å². The molecule has 0 saturated carbocycles. The van der Waals surface area contributed by atoms with Gasteiger partial charge < -0.3 is 10.4 Å². The van der Waals surface area contributed by atoms with Crippen molar-refractivity contribution in [3.8, 4) is 0 Å². The zero-order valence-electron chi connectivity index (χ0n) is 14.4. The Labute approximate surface area is 155 Å². The van der Waals surface area contributed by atoms with Crippen LogP contribution >= 0.6 is 11.8 Å². The number of aromatic nitrogens is 1. The highest BCUT2D eigenvalue weighted by Crippen LogP contribution is 2.27. The van der Waals surface area contributed by atoms with E-state index < -0.39 is 5.97 Å². The highest BCUT2D eigenvalue weighted by atomic mass is 32.2. The van der Waals surface area contributed by atoms with Gasteiger partial charge in [-0.25, -0.2) is 9.78 Å². The van der Waals surface area contributed by atoms with E-state index in [0.29, 0.717) is 5.69 Å². The second kappa shape index (κ2) is 7.58. The summed E-state index contributed by atoms with van der Waals surface area (Å²) in [6, 6.07) is 16.1. The molecule has 1 amide bonds. The number of carbonyl (C=O) groups is 2. The number of thioether (sulfide) groups is 1. The van der Waals surface area contributed by atoms with Gasteiger partial charge in [-0.2, -0.15) is 0 Å². The van der Waals surface area contributed by atoms with Gasteiger partial charge in [0.2, 0.25) is 5.91 Å². The summed E-state index contributed by atoms with van der Waals surface area (Å²) in [5.74, 6) is -1.23. The van der Waals surface area contributed by atoms with Gasteiger partial charge in [-0.3, -0.25) is 4.79 Å². The minimum Gasteiger partial charge on any atom is -0.478 e.